The van der Waals surface area contributed by atoms with E-state index in [9.17, 15) is 4.79 Å². The van der Waals surface area contributed by atoms with Crippen LogP contribution in [0.1, 0.15) is 17.0 Å². The molecule has 5 nitrogen and oxygen atoms in total. The number of hydrogen-bond donors (Lipinski definition) is 0. The first-order chi connectivity index (χ1) is 10.9. The van der Waals surface area contributed by atoms with Crippen LogP contribution in [-0.2, 0) is 18.3 Å². The monoisotopic (exact) mass is 379 g/mol. The van der Waals surface area contributed by atoms with Crippen LogP contribution in [0.5, 0.6) is 5.75 Å². The molecule has 0 saturated carbocycles. The number of carbonyl (C=O) groups is 1. The van der Waals surface area contributed by atoms with Crippen molar-refractivity contribution in [1.29, 1.82) is 0 Å². The number of nitrogens with zero attached hydrogens (tertiary/aromatic N) is 3. The molecule has 0 fully saturated rings. The Morgan fingerprint density at radius 1 is 1.30 bits per heavy atom. The lowest BCUT2D eigenvalue weighted by molar-refractivity contribution is -0.129. The van der Waals surface area contributed by atoms with Crippen molar-refractivity contribution in [3.05, 3.63) is 45.7 Å². The molecule has 2 rings (SSSR count). The molecule has 23 heavy (non-hydrogen) atoms. The van der Waals surface area contributed by atoms with Crippen LogP contribution in [0.25, 0.3) is 0 Å². The number of ether oxygens (including phenoxy) is 1. The zero-order valence-electron chi connectivity index (χ0n) is 14.0. The van der Waals surface area contributed by atoms with E-state index >= 15 is 0 Å². The molecule has 0 bridgehead atoms. The first kappa shape index (κ1) is 17.5. The number of amides is 1. The number of likely N-dealkylation sites (N-methyl/N-ethyl adjacent to an activating group) is 1. The molecular formula is C17H22BrN3O2. The van der Waals surface area contributed by atoms with Crippen molar-refractivity contribution in [3.63, 3.8) is 0 Å². The van der Waals surface area contributed by atoms with Crippen LogP contribution < -0.4 is 4.74 Å². The van der Waals surface area contributed by atoms with Gasteiger partial charge in [0.2, 0.25) is 5.91 Å². The van der Waals surface area contributed by atoms with Gasteiger partial charge in [0.15, 0.2) is 0 Å². The summed E-state index contributed by atoms with van der Waals surface area (Å²) in [4.78, 5) is 14.0. The fraction of sp³-hybridized carbons (Fsp3) is 0.412. The van der Waals surface area contributed by atoms with E-state index in [2.05, 4.69) is 21.0 Å². The SMILES string of the molecule is Cc1nn(C)c(C)c1CC(=O)N(C)CCOc1ccc(Br)cc1. The summed E-state index contributed by atoms with van der Waals surface area (Å²) in [5, 5.41) is 4.35. The lowest BCUT2D eigenvalue weighted by Gasteiger charge is -2.17. The summed E-state index contributed by atoms with van der Waals surface area (Å²) < 4.78 is 8.48. The Hall–Kier alpha value is -1.82. The summed E-state index contributed by atoms with van der Waals surface area (Å²) in [5.74, 6) is 0.872. The Balaban J connectivity index is 1.84. The Kier molecular flexibility index (Phi) is 5.82. The van der Waals surface area contributed by atoms with Crippen LogP contribution in [0, 0.1) is 13.8 Å². The lowest BCUT2D eigenvalue weighted by atomic mass is 10.1. The van der Waals surface area contributed by atoms with Crippen LogP contribution >= 0.6 is 15.9 Å². The number of hydrogen-bond acceptors (Lipinski definition) is 3. The summed E-state index contributed by atoms with van der Waals surface area (Å²) in [7, 11) is 3.69. The normalized spacial score (nSPS) is 10.7. The van der Waals surface area contributed by atoms with Crippen LogP contribution in [0.3, 0.4) is 0 Å². The standard InChI is InChI=1S/C17H22BrN3O2/c1-12-16(13(2)21(4)19-12)11-17(22)20(3)9-10-23-15-7-5-14(18)6-8-15/h5-8H,9-11H2,1-4H3. The third-order valence-corrected chi connectivity index (χ3v) is 4.45. The second kappa shape index (κ2) is 7.64. The Labute approximate surface area is 145 Å². The molecule has 0 saturated heterocycles. The molecule has 1 heterocycles. The summed E-state index contributed by atoms with van der Waals surface area (Å²) >= 11 is 3.39. The summed E-state index contributed by atoms with van der Waals surface area (Å²) in [6.45, 7) is 4.94. The molecule has 0 radical (unpaired) electrons. The van der Waals surface area contributed by atoms with Gasteiger partial charge in [-0.05, 0) is 38.1 Å². The average molecular weight is 380 g/mol. The number of aryl methyl sites for hydroxylation is 2. The van der Waals surface area contributed by atoms with E-state index in [1.807, 2.05) is 49.8 Å². The maximum atomic E-state index is 12.3. The molecule has 0 spiro atoms. The molecule has 0 N–H and O–H groups in total. The summed E-state index contributed by atoms with van der Waals surface area (Å²) in [6.07, 6.45) is 0.375. The van der Waals surface area contributed by atoms with Gasteiger partial charge < -0.3 is 9.64 Å². The highest BCUT2D eigenvalue weighted by atomic mass is 79.9. The third kappa shape index (κ3) is 4.58. The van der Waals surface area contributed by atoms with Crippen molar-refractivity contribution in [1.82, 2.24) is 14.7 Å². The van der Waals surface area contributed by atoms with Gasteiger partial charge in [-0.3, -0.25) is 9.48 Å². The van der Waals surface area contributed by atoms with E-state index in [4.69, 9.17) is 4.74 Å². The van der Waals surface area contributed by atoms with Crippen LogP contribution in [-0.4, -0.2) is 40.8 Å². The molecule has 1 aromatic carbocycles. The quantitative estimate of drug-likeness (QED) is 0.774. The van der Waals surface area contributed by atoms with Crippen LogP contribution in [0.4, 0.5) is 0 Å². The van der Waals surface area contributed by atoms with E-state index in [0.717, 1.165) is 27.2 Å². The van der Waals surface area contributed by atoms with Gasteiger partial charge >= 0.3 is 0 Å². The molecule has 2 aromatic rings. The zero-order chi connectivity index (χ0) is 17.0. The molecule has 0 atom stereocenters. The second-order valence-electron chi connectivity index (χ2n) is 5.57. The van der Waals surface area contributed by atoms with Gasteiger partial charge in [-0.1, -0.05) is 15.9 Å². The van der Waals surface area contributed by atoms with Gasteiger partial charge in [0.1, 0.15) is 12.4 Å². The number of benzene rings is 1. The minimum Gasteiger partial charge on any atom is -0.492 e. The van der Waals surface area contributed by atoms with Gasteiger partial charge in [-0.15, -0.1) is 0 Å². The Morgan fingerprint density at radius 2 is 1.96 bits per heavy atom. The summed E-state index contributed by atoms with van der Waals surface area (Å²) in [6, 6.07) is 7.65. The highest BCUT2D eigenvalue weighted by molar-refractivity contribution is 9.10. The first-order valence-electron chi connectivity index (χ1n) is 7.50. The summed E-state index contributed by atoms with van der Waals surface area (Å²) in [5.41, 5.74) is 2.96. The third-order valence-electron chi connectivity index (χ3n) is 3.92. The minimum atomic E-state index is 0.0728. The van der Waals surface area contributed by atoms with E-state index in [1.165, 1.54) is 0 Å². The van der Waals surface area contributed by atoms with E-state index < -0.39 is 0 Å². The van der Waals surface area contributed by atoms with Crippen molar-refractivity contribution < 1.29 is 9.53 Å². The van der Waals surface area contributed by atoms with E-state index in [-0.39, 0.29) is 5.91 Å². The molecule has 0 aliphatic heterocycles. The van der Waals surface area contributed by atoms with Crippen molar-refractivity contribution in [2.24, 2.45) is 7.05 Å². The Bertz CT molecular complexity index is 680. The smallest absolute Gasteiger partial charge is 0.226 e. The molecule has 0 unspecified atom stereocenters. The van der Waals surface area contributed by atoms with Crippen molar-refractivity contribution >= 4 is 21.8 Å². The number of rotatable bonds is 6. The first-order valence-corrected chi connectivity index (χ1v) is 8.29. The largest absolute Gasteiger partial charge is 0.492 e. The van der Waals surface area contributed by atoms with E-state index in [0.29, 0.717) is 19.6 Å². The molecule has 1 aromatic heterocycles. The number of halogens is 1. The highest BCUT2D eigenvalue weighted by Crippen LogP contribution is 2.16. The van der Waals surface area contributed by atoms with E-state index in [1.54, 1.807) is 11.9 Å². The van der Waals surface area contributed by atoms with Crippen LogP contribution in [0.2, 0.25) is 0 Å². The molecule has 1 amide bonds. The number of aromatic nitrogens is 2. The fourth-order valence-electron chi connectivity index (χ4n) is 2.32. The van der Waals surface area contributed by atoms with Gasteiger partial charge in [0, 0.05) is 29.8 Å². The molecule has 6 heteroatoms. The Morgan fingerprint density at radius 3 is 2.52 bits per heavy atom. The maximum Gasteiger partial charge on any atom is 0.226 e. The zero-order valence-corrected chi connectivity index (χ0v) is 15.6. The van der Waals surface area contributed by atoms with Crippen LogP contribution in [0.15, 0.2) is 28.7 Å². The molecule has 0 aliphatic rings. The molecule has 124 valence electrons. The predicted molar refractivity (Wildman–Crippen MR) is 93.7 cm³/mol. The minimum absolute atomic E-state index is 0.0728. The molecule has 0 aliphatic carbocycles. The highest BCUT2D eigenvalue weighted by Gasteiger charge is 2.16. The van der Waals surface area contributed by atoms with Crippen molar-refractivity contribution in [2.75, 3.05) is 20.2 Å². The lowest BCUT2D eigenvalue weighted by Crippen LogP contribution is -2.32. The molecular weight excluding hydrogens is 358 g/mol. The van der Waals surface area contributed by atoms with Gasteiger partial charge in [-0.25, -0.2) is 0 Å². The van der Waals surface area contributed by atoms with Crippen molar-refractivity contribution in [2.45, 2.75) is 20.3 Å². The number of carbonyl (C=O) groups excluding carboxylic acids is 1. The predicted octanol–water partition coefficient (Wildman–Crippen LogP) is 2.88. The second-order valence-corrected chi connectivity index (χ2v) is 6.48. The van der Waals surface area contributed by atoms with Crippen molar-refractivity contribution in [3.8, 4) is 5.75 Å². The maximum absolute atomic E-state index is 12.3. The average Bonchev–Trinajstić information content (AvgIpc) is 2.75. The van der Waals surface area contributed by atoms with Gasteiger partial charge in [0.05, 0.1) is 18.7 Å². The topological polar surface area (TPSA) is 47.4 Å². The van der Waals surface area contributed by atoms with Gasteiger partial charge in [0.25, 0.3) is 0 Å². The van der Waals surface area contributed by atoms with Gasteiger partial charge in [-0.2, -0.15) is 5.10 Å². The fourth-order valence-corrected chi connectivity index (χ4v) is 2.58.